The number of rotatable bonds is 2. The maximum atomic E-state index is 11.9. The molecule has 0 saturated heterocycles. The SMILES string of the molecule is Cc1c[nH]c(-c2ccc(OC(F)(F)F)cc2)n1. The highest BCUT2D eigenvalue weighted by Gasteiger charge is 2.30. The van der Waals surface area contributed by atoms with E-state index >= 15 is 0 Å². The number of H-pyrrole nitrogens is 1. The fourth-order valence-electron chi connectivity index (χ4n) is 1.38. The van der Waals surface area contributed by atoms with Crippen LogP contribution in [0.4, 0.5) is 13.2 Å². The number of halogens is 3. The van der Waals surface area contributed by atoms with E-state index in [1.165, 1.54) is 24.3 Å². The maximum absolute atomic E-state index is 11.9. The fourth-order valence-corrected chi connectivity index (χ4v) is 1.38. The second kappa shape index (κ2) is 4.12. The number of nitrogens with zero attached hydrogens (tertiary/aromatic N) is 1. The number of imidazole rings is 1. The molecule has 0 radical (unpaired) electrons. The van der Waals surface area contributed by atoms with Crippen LogP contribution in [0.5, 0.6) is 5.75 Å². The number of aromatic amines is 1. The van der Waals surface area contributed by atoms with Crippen LogP contribution in [-0.2, 0) is 0 Å². The Kier molecular flexibility index (Phi) is 2.79. The third-order valence-corrected chi connectivity index (χ3v) is 2.07. The minimum absolute atomic E-state index is 0.246. The number of aryl methyl sites for hydroxylation is 1. The molecule has 17 heavy (non-hydrogen) atoms. The topological polar surface area (TPSA) is 37.9 Å². The molecule has 90 valence electrons. The smallest absolute Gasteiger partial charge is 0.406 e. The van der Waals surface area contributed by atoms with Crippen LogP contribution in [0.1, 0.15) is 5.69 Å². The van der Waals surface area contributed by atoms with E-state index in [1.807, 2.05) is 6.92 Å². The molecule has 0 amide bonds. The average Bonchev–Trinajstić information content (AvgIpc) is 2.63. The summed E-state index contributed by atoms with van der Waals surface area (Å²) >= 11 is 0. The molecule has 1 N–H and O–H groups in total. The summed E-state index contributed by atoms with van der Waals surface area (Å²) in [4.78, 5) is 7.08. The van der Waals surface area contributed by atoms with Crippen molar-refractivity contribution in [3.63, 3.8) is 0 Å². The molecule has 6 heteroatoms. The summed E-state index contributed by atoms with van der Waals surface area (Å²) in [6.45, 7) is 1.82. The van der Waals surface area contributed by atoms with E-state index in [0.29, 0.717) is 11.4 Å². The van der Waals surface area contributed by atoms with E-state index < -0.39 is 6.36 Å². The monoisotopic (exact) mass is 242 g/mol. The minimum Gasteiger partial charge on any atom is -0.406 e. The molecule has 3 nitrogen and oxygen atoms in total. The average molecular weight is 242 g/mol. The Morgan fingerprint density at radius 2 is 1.82 bits per heavy atom. The van der Waals surface area contributed by atoms with Crippen LogP contribution in [0.15, 0.2) is 30.5 Å². The van der Waals surface area contributed by atoms with Gasteiger partial charge in [-0.3, -0.25) is 0 Å². The van der Waals surface area contributed by atoms with Crippen LogP contribution >= 0.6 is 0 Å². The molecular formula is C11H9F3N2O. The van der Waals surface area contributed by atoms with E-state index in [9.17, 15) is 13.2 Å². The van der Waals surface area contributed by atoms with Gasteiger partial charge < -0.3 is 9.72 Å². The third-order valence-electron chi connectivity index (χ3n) is 2.07. The Morgan fingerprint density at radius 3 is 2.29 bits per heavy atom. The van der Waals surface area contributed by atoms with Gasteiger partial charge in [-0.1, -0.05) is 0 Å². The van der Waals surface area contributed by atoms with E-state index in [-0.39, 0.29) is 5.75 Å². The summed E-state index contributed by atoms with van der Waals surface area (Å²) in [5.74, 6) is 0.366. The zero-order valence-corrected chi connectivity index (χ0v) is 8.88. The van der Waals surface area contributed by atoms with Gasteiger partial charge in [0.2, 0.25) is 0 Å². The van der Waals surface area contributed by atoms with E-state index in [1.54, 1.807) is 6.20 Å². The fraction of sp³-hybridized carbons (Fsp3) is 0.182. The molecule has 0 spiro atoms. The second-order valence-corrected chi connectivity index (χ2v) is 3.46. The molecule has 0 aliphatic rings. The lowest BCUT2D eigenvalue weighted by atomic mass is 10.2. The van der Waals surface area contributed by atoms with Crippen molar-refractivity contribution in [3.05, 3.63) is 36.2 Å². The van der Waals surface area contributed by atoms with Crippen molar-refractivity contribution < 1.29 is 17.9 Å². The van der Waals surface area contributed by atoms with Crippen molar-refractivity contribution in [1.82, 2.24) is 9.97 Å². The number of benzene rings is 1. The van der Waals surface area contributed by atoms with Gasteiger partial charge in [0.15, 0.2) is 0 Å². The van der Waals surface area contributed by atoms with Crippen LogP contribution in [0, 0.1) is 6.92 Å². The number of nitrogens with one attached hydrogen (secondary N) is 1. The molecule has 1 aromatic carbocycles. The zero-order chi connectivity index (χ0) is 12.5. The molecule has 1 aromatic heterocycles. The van der Waals surface area contributed by atoms with Crippen molar-refractivity contribution in [3.8, 4) is 17.1 Å². The lowest BCUT2D eigenvalue weighted by Crippen LogP contribution is -2.16. The molecule has 0 saturated carbocycles. The lowest BCUT2D eigenvalue weighted by Gasteiger charge is -2.08. The van der Waals surface area contributed by atoms with Gasteiger partial charge in [0.1, 0.15) is 11.6 Å². The highest BCUT2D eigenvalue weighted by atomic mass is 19.4. The maximum Gasteiger partial charge on any atom is 0.573 e. The normalized spacial score (nSPS) is 11.5. The van der Waals surface area contributed by atoms with Crippen molar-refractivity contribution in [2.75, 3.05) is 0 Å². The van der Waals surface area contributed by atoms with Gasteiger partial charge in [0, 0.05) is 11.8 Å². The van der Waals surface area contributed by atoms with Crippen molar-refractivity contribution >= 4 is 0 Å². The van der Waals surface area contributed by atoms with Crippen LogP contribution in [0.2, 0.25) is 0 Å². The van der Waals surface area contributed by atoms with Crippen LogP contribution in [0.3, 0.4) is 0 Å². The van der Waals surface area contributed by atoms with Crippen LogP contribution in [0.25, 0.3) is 11.4 Å². The molecule has 0 aliphatic heterocycles. The van der Waals surface area contributed by atoms with E-state index in [4.69, 9.17) is 0 Å². The Labute approximate surface area is 95.3 Å². The molecule has 0 aliphatic carbocycles. The number of hydrogen-bond donors (Lipinski definition) is 1. The van der Waals surface area contributed by atoms with Gasteiger partial charge in [-0.15, -0.1) is 13.2 Å². The Balaban J connectivity index is 2.19. The predicted octanol–water partition coefficient (Wildman–Crippen LogP) is 3.28. The van der Waals surface area contributed by atoms with Gasteiger partial charge in [-0.25, -0.2) is 4.98 Å². The third kappa shape index (κ3) is 2.99. The summed E-state index contributed by atoms with van der Waals surface area (Å²) in [6.07, 6.45) is -2.95. The molecule has 0 atom stereocenters. The van der Waals surface area contributed by atoms with Gasteiger partial charge in [0.25, 0.3) is 0 Å². The molecule has 1 heterocycles. The predicted molar refractivity (Wildman–Crippen MR) is 55.4 cm³/mol. The Bertz CT molecular complexity index is 502. The largest absolute Gasteiger partial charge is 0.573 e. The molecule has 2 aromatic rings. The molecule has 0 bridgehead atoms. The summed E-state index contributed by atoms with van der Waals surface area (Å²) < 4.78 is 39.5. The van der Waals surface area contributed by atoms with Gasteiger partial charge in [-0.05, 0) is 31.2 Å². The quantitative estimate of drug-likeness (QED) is 0.877. The van der Waals surface area contributed by atoms with Crippen molar-refractivity contribution in [2.45, 2.75) is 13.3 Å². The minimum atomic E-state index is -4.66. The summed E-state index contributed by atoms with van der Waals surface area (Å²) in [5, 5.41) is 0. The second-order valence-electron chi connectivity index (χ2n) is 3.46. The summed E-state index contributed by atoms with van der Waals surface area (Å²) in [5.41, 5.74) is 1.52. The first-order valence-electron chi connectivity index (χ1n) is 4.82. The Morgan fingerprint density at radius 1 is 1.18 bits per heavy atom. The van der Waals surface area contributed by atoms with E-state index in [2.05, 4.69) is 14.7 Å². The van der Waals surface area contributed by atoms with Crippen molar-refractivity contribution in [1.29, 1.82) is 0 Å². The highest BCUT2D eigenvalue weighted by Crippen LogP contribution is 2.25. The molecule has 0 fully saturated rings. The molecular weight excluding hydrogens is 233 g/mol. The summed E-state index contributed by atoms with van der Waals surface area (Å²) in [7, 11) is 0. The first-order chi connectivity index (χ1) is 7.94. The van der Waals surface area contributed by atoms with Gasteiger partial charge in [-0.2, -0.15) is 0 Å². The summed E-state index contributed by atoms with van der Waals surface area (Å²) in [6, 6.07) is 5.53. The first kappa shape index (κ1) is 11.5. The number of aromatic nitrogens is 2. The van der Waals surface area contributed by atoms with Crippen LogP contribution in [-0.4, -0.2) is 16.3 Å². The standard InChI is InChI=1S/C11H9F3N2O/c1-7-6-15-10(16-7)8-2-4-9(5-3-8)17-11(12,13)14/h2-6H,1H3,(H,15,16). The van der Waals surface area contributed by atoms with Crippen LogP contribution < -0.4 is 4.74 Å². The number of alkyl halides is 3. The zero-order valence-electron chi connectivity index (χ0n) is 8.88. The van der Waals surface area contributed by atoms with Gasteiger partial charge >= 0.3 is 6.36 Å². The van der Waals surface area contributed by atoms with Gasteiger partial charge in [0.05, 0.1) is 5.69 Å². The first-order valence-corrected chi connectivity index (χ1v) is 4.82. The van der Waals surface area contributed by atoms with Crippen molar-refractivity contribution in [2.24, 2.45) is 0 Å². The number of ether oxygens (including phenoxy) is 1. The lowest BCUT2D eigenvalue weighted by molar-refractivity contribution is -0.274. The van der Waals surface area contributed by atoms with E-state index in [0.717, 1.165) is 5.69 Å². The highest BCUT2D eigenvalue weighted by molar-refractivity contribution is 5.56. The number of hydrogen-bond acceptors (Lipinski definition) is 2. The molecule has 2 rings (SSSR count). The molecule has 0 unspecified atom stereocenters. The Hall–Kier alpha value is -1.98.